The van der Waals surface area contributed by atoms with E-state index in [2.05, 4.69) is 0 Å². The number of benzene rings is 2. The summed E-state index contributed by atoms with van der Waals surface area (Å²) >= 11 is 5.85. The van der Waals surface area contributed by atoms with Crippen molar-refractivity contribution in [3.8, 4) is 5.75 Å². The molecule has 3 nitrogen and oxygen atoms in total. The fourth-order valence-corrected chi connectivity index (χ4v) is 2.37. The number of hydrogen-bond donors (Lipinski definition) is 0. The molecular formula is C17H13ClO3. The van der Waals surface area contributed by atoms with Crippen LogP contribution < -0.4 is 10.4 Å². The fourth-order valence-electron chi connectivity index (χ4n) is 2.15. The van der Waals surface area contributed by atoms with Crippen LogP contribution in [0.4, 0.5) is 0 Å². The summed E-state index contributed by atoms with van der Waals surface area (Å²) < 4.78 is 10.9. The molecule has 3 rings (SSSR count). The minimum Gasteiger partial charge on any atom is -0.489 e. The van der Waals surface area contributed by atoms with E-state index in [0.717, 1.165) is 16.5 Å². The van der Waals surface area contributed by atoms with Gasteiger partial charge < -0.3 is 9.15 Å². The molecule has 0 amide bonds. The average Bonchev–Trinajstić information content (AvgIpc) is 2.52. The van der Waals surface area contributed by atoms with Crippen LogP contribution in [0, 0.1) is 0 Å². The van der Waals surface area contributed by atoms with Gasteiger partial charge in [0.2, 0.25) is 0 Å². The Bertz CT molecular complexity index is 809. The Balaban J connectivity index is 1.89. The van der Waals surface area contributed by atoms with Gasteiger partial charge in [0, 0.05) is 23.4 Å². The van der Waals surface area contributed by atoms with Crippen molar-refractivity contribution in [2.24, 2.45) is 0 Å². The van der Waals surface area contributed by atoms with Crippen molar-refractivity contribution in [2.75, 3.05) is 0 Å². The molecule has 0 saturated heterocycles. The molecule has 0 aliphatic carbocycles. The van der Waals surface area contributed by atoms with Gasteiger partial charge in [0.25, 0.3) is 0 Å². The van der Waals surface area contributed by atoms with E-state index in [9.17, 15) is 4.79 Å². The highest BCUT2D eigenvalue weighted by molar-refractivity contribution is 6.17. The van der Waals surface area contributed by atoms with E-state index in [0.29, 0.717) is 17.9 Å². The molecule has 1 aromatic heterocycles. The summed E-state index contributed by atoms with van der Waals surface area (Å²) in [5.41, 5.74) is 1.92. The smallest absolute Gasteiger partial charge is 0.336 e. The largest absolute Gasteiger partial charge is 0.489 e. The number of hydrogen-bond acceptors (Lipinski definition) is 3. The summed E-state index contributed by atoms with van der Waals surface area (Å²) in [4.78, 5) is 11.5. The second-order valence-corrected chi connectivity index (χ2v) is 4.92. The van der Waals surface area contributed by atoms with Crippen molar-refractivity contribution in [3.05, 3.63) is 76.1 Å². The van der Waals surface area contributed by atoms with Crippen molar-refractivity contribution in [2.45, 2.75) is 12.5 Å². The first-order valence-corrected chi connectivity index (χ1v) is 7.09. The molecule has 0 radical (unpaired) electrons. The SMILES string of the molecule is O=c1cc(CCl)c2ccc(OCc3ccccc3)cc2o1. The minimum absolute atomic E-state index is 0.270. The zero-order valence-electron chi connectivity index (χ0n) is 11.2. The number of alkyl halides is 1. The molecule has 0 aliphatic rings. The lowest BCUT2D eigenvalue weighted by molar-refractivity contribution is 0.306. The van der Waals surface area contributed by atoms with Crippen LogP contribution in [0.15, 0.2) is 63.8 Å². The van der Waals surface area contributed by atoms with E-state index in [-0.39, 0.29) is 5.88 Å². The molecule has 0 N–H and O–H groups in total. The number of halogens is 1. The summed E-state index contributed by atoms with van der Waals surface area (Å²) in [6.07, 6.45) is 0. The van der Waals surface area contributed by atoms with Crippen molar-refractivity contribution in [1.29, 1.82) is 0 Å². The van der Waals surface area contributed by atoms with Gasteiger partial charge in [-0.1, -0.05) is 30.3 Å². The van der Waals surface area contributed by atoms with E-state index < -0.39 is 5.63 Å². The Hall–Kier alpha value is -2.26. The number of fused-ring (bicyclic) bond motifs is 1. The predicted molar refractivity (Wildman–Crippen MR) is 82.8 cm³/mol. The Morgan fingerprint density at radius 2 is 1.86 bits per heavy atom. The van der Waals surface area contributed by atoms with Crippen LogP contribution in [-0.4, -0.2) is 0 Å². The highest BCUT2D eigenvalue weighted by Crippen LogP contribution is 2.24. The highest BCUT2D eigenvalue weighted by atomic mass is 35.5. The Morgan fingerprint density at radius 3 is 2.62 bits per heavy atom. The van der Waals surface area contributed by atoms with E-state index in [1.807, 2.05) is 42.5 Å². The first-order chi connectivity index (χ1) is 10.3. The van der Waals surface area contributed by atoms with Crippen LogP contribution in [0.2, 0.25) is 0 Å². The Labute approximate surface area is 126 Å². The fraction of sp³-hybridized carbons (Fsp3) is 0.118. The molecule has 0 spiro atoms. The molecular weight excluding hydrogens is 288 g/mol. The first kappa shape index (κ1) is 13.7. The van der Waals surface area contributed by atoms with Gasteiger partial charge in [-0.25, -0.2) is 4.79 Å². The van der Waals surface area contributed by atoms with E-state index >= 15 is 0 Å². The van der Waals surface area contributed by atoms with Crippen LogP contribution in [0.3, 0.4) is 0 Å². The summed E-state index contributed by atoms with van der Waals surface area (Å²) in [6, 6.07) is 16.7. The van der Waals surface area contributed by atoms with Gasteiger partial charge in [-0.05, 0) is 23.3 Å². The quantitative estimate of drug-likeness (QED) is 0.537. The third kappa shape index (κ3) is 3.09. The zero-order valence-corrected chi connectivity index (χ0v) is 12.0. The van der Waals surface area contributed by atoms with E-state index in [1.54, 1.807) is 6.07 Å². The lowest BCUT2D eigenvalue weighted by atomic mass is 10.1. The van der Waals surface area contributed by atoms with E-state index in [1.165, 1.54) is 6.07 Å². The molecule has 0 bridgehead atoms. The Kier molecular flexibility index (Phi) is 3.93. The van der Waals surface area contributed by atoms with Crippen LogP contribution in [0.1, 0.15) is 11.1 Å². The summed E-state index contributed by atoms with van der Waals surface area (Å²) in [6.45, 7) is 0.464. The Morgan fingerprint density at radius 1 is 1.05 bits per heavy atom. The molecule has 0 fully saturated rings. The van der Waals surface area contributed by atoms with Gasteiger partial charge in [0.05, 0.1) is 0 Å². The molecule has 0 atom stereocenters. The van der Waals surface area contributed by atoms with E-state index in [4.69, 9.17) is 20.8 Å². The maximum absolute atomic E-state index is 11.5. The van der Waals surface area contributed by atoms with Crippen molar-refractivity contribution in [3.63, 3.8) is 0 Å². The van der Waals surface area contributed by atoms with Crippen LogP contribution in [0.5, 0.6) is 5.75 Å². The van der Waals surface area contributed by atoms with Crippen molar-refractivity contribution >= 4 is 22.6 Å². The standard InChI is InChI=1S/C17H13ClO3/c18-10-13-8-17(19)21-16-9-14(6-7-15(13)16)20-11-12-4-2-1-3-5-12/h1-9H,10-11H2. The third-order valence-corrected chi connectivity index (χ3v) is 3.48. The van der Waals surface area contributed by atoms with Gasteiger partial charge in [0.15, 0.2) is 0 Å². The lowest BCUT2D eigenvalue weighted by Crippen LogP contribution is -2.00. The second-order valence-electron chi connectivity index (χ2n) is 4.66. The molecule has 3 aromatic rings. The maximum Gasteiger partial charge on any atom is 0.336 e. The van der Waals surface area contributed by atoms with Gasteiger partial charge in [-0.3, -0.25) is 0 Å². The minimum atomic E-state index is -0.404. The topological polar surface area (TPSA) is 39.4 Å². The molecule has 0 aliphatic heterocycles. The van der Waals surface area contributed by atoms with Crippen molar-refractivity contribution < 1.29 is 9.15 Å². The molecule has 106 valence electrons. The number of rotatable bonds is 4. The second kappa shape index (κ2) is 6.02. The van der Waals surface area contributed by atoms with Crippen LogP contribution >= 0.6 is 11.6 Å². The predicted octanol–water partition coefficient (Wildman–Crippen LogP) is 4.11. The number of ether oxygens (including phenoxy) is 1. The van der Waals surface area contributed by atoms with Gasteiger partial charge >= 0.3 is 5.63 Å². The molecule has 0 saturated carbocycles. The average molecular weight is 301 g/mol. The third-order valence-electron chi connectivity index (χ3n) is 3.19. The lowest BCUT2D eigenvalue weighted by Gasteiger charge is -2.08. The highest BCUT2D eigenvalue weighted by Gasteiger charge is 2.06. The van der Waals surface area contributed by atoms with Gasteiger partial charge in [-0.2, -0.15) is 0 Å². The molecule has 2 aromatic carbocycles. The normalized spacial score (nSPS) is 10.7. The first-order valence-electron chi connectivity index (χ1n) is 6.56. The van der Waals surface area contributed by atoms with Gasteiger partial charge in [0.1, 0.15) is 17.9 Å². The van der Waals surface area contributed by atoms with Crippen LogP contribution in [-0.2, 0) is 12.5 Å². The van der Waals surface area contributed by atoms with Gasteiger partial charge in [-0.15, -0.1) is 11.6 Å². The summed E-state index contributed by atoms with van der Waals surface area (Å²) in [5, 5.41) is 0.830. The summed E-state index contributed by atoms with van der Waals surface area (Å²) in [7, 11) is 0. The molecule has 21 heavy (non-hydrogen) atoms. The molecule has 0 unspecified atom stereocenters. The molecule has 4 heteroatoms. The zero-order chi connectivity index (χ0) is 14.7. The van der Waals surface area contributed by atoms with Crippen molar-refractivity contribution in [1.82, 2.24) is 0 Å². The summed E-state index contributed by atoms with van der Waals surface area (Å²) in [5.74, 6) is 0.924. The molecule has 1 heterocycles. The monoisotopic (exact) mass is 300 g/mol. The van der Waals surface area contributed by atoms with Crippen LogP contribution in [0.25, 0.3) is 11.0 Å². The maximum atomic E-state index is 11.5.